The molecule has 0 bridgehead atoms. The second-order valence-electron chi connectivity index (χ2n) is 5.66. The monoisotopic (exact) mass is 485 g/mol. The van der Waals surface area contributed by atoms with Gasteiger partial charge in [0.2, 0.25) is 0 Å². The number of nitrogens with zero attached hydrogens (tertiary/aromatic N) is 1. The van der Waals surface area contributed by atoms with Crippen LogP contribution in [0, 0.1) is 0 Å². The standard InChI is InChI=1S/C20H27N3O3.HI/c1-4-21-20(23-13-16-7-5-6-8-17(16)14-24)22-12-15-9-10-18(25-2)19(11-15)26-3;/h5-11,24H,4,12-14H2,1-3H3,(H2,21,22,23);1H. The first-order valence-electron chi connectivity index (χ1n) is 8.62. The van der Waals surface area contributed by atoms with Crippen LogP contribution in [-0.4, -0.2) is 31.8 Å². The van der Waals surface area contributed by atoms with Gasteiger partial charge in [-0.25, -0.2) is 4.99 Å². The summed E-state index contributed by atoms with van der Waals surface area (Å²) in [5.74, 6) is 2.11. The number of hydrogen-bond donors (Lipinski definition) is 3. The van der Waals surface area contributed by atoms with Gasteiger partial charge in [0.1, 0.15) is 0 Å². The molecule has 3 N–H and O–H groups in total. The molecule has 2 aromatic carbocycles. The molecule has 2 rings (SSSR count). The van der Waals surface area contributed by atoms with Gasteiger partial charge in [0.25, 0.3) is 0 Å². The predicted octanol–water partition coefficient (Wildman–Crippen LogP) is 3.07. The largest absolute Gasteiger partial charge is 0.493 e. The van der Waals surface area contributed by atoms with Crippen LogP contribution in [0.3, 0.4) is 0 Å². The van der Waals surface area contributed by atoms with Crippen molar-refractivity contribution in [1.29, 1.82) is 0 Å². The van der Waals surface area contributed by atoms with Crippen molar-refractivity contribution in [3.05, 3.63) is 59.2 Å². The highest BCUT2D eigenvalue weighted by Gasteiger charge is 2.06. The molecular formula is C20H28IN3O3. The van der Waals surface area contributed by atoms with E-state index in [0.717, 1.165) is 29.2 Å². The van der Waals surface area contributed by atoms with E-state index in [-0.39, 0.29) is 30.6 Å². The number of aliphatic hydroxyl groups excluding tert-OH is 1. The molecule has 0 saturated heterocycles. The summed E-state index contributed by atoms with van der Waals surface area (Å²) in [5.41, 5.74) is 2.98. The zero-order valence-corrected chi connectivity index (χ0v) is 18.3. The van der Waals surface area contributed by atoms with Gasteiger partial charge in [-0.2, -0.15) is 0 Å². The molecule has 0 spiro atoms. The summed E-state index contributed by atoms with van der Waals surface area (Å²) in [6, 6.07) is 13.6. The van der Waals surface area contributed by atoms with E-state index >= 15 is 0 Å². The molecule has 0 aliphatic rings. The van der Waals surface area contributed by atoms with Gasteiger partial charge in [-0.05, 0) is 35.7 Å². The fourth-order valence-electron chi connectivity index (χ4n) is 2.55. The number of benzene rings is 2. The van der Waals surface area contributed by atoms with Gasteiger partial charge in [0.05, 0.1) is 27.4 Å². The first-order chi connectivity index (χ1) is 12.7. The molecule has 0 heterocycles. The van der Waals surface area contributed by atoms with Crippen molar-refractivity contribution in [2.24, 2.45) is 4.99 Å². The van der Waals surface area contributed by atoms with Gasteiger partial charge in [-0.15, -0.1) is 24.0 Å². The van der Waals surface area contributed by atoms with Crippen molar-refractivity contribution in [3.63, 3.8) is 0 Å². The van der Waals surface area contributed by atoms with Gasteiger partial charge in [-0.3, -0.25) is 0 Å². The Morgan fingerprint density at radius 1 is 1.00 bits per heavy atom. The van der Waals surface area contributed by atoms with E-state index in [2.05, 4.69) is 15.6 Å². The van der Waals surface area contributed by atoms with E-state index in [1.165, 1.54) is 0 Å². The van der Waals surface area contributed by atoms with Crippen LogP contribution in [0.1, 0.15) is 23.6 Å². The molecule has 6 nitrogen and oxygen atoms in total. The number of aliphatic imine (C=N–C) groups is 1. The minimum Gasteiger partial charge on any atom is -0.493 e. The van der Waals surface area contributed by atoms with E-state index in [1.807, 2.05) is 49.4 Å². The fourth-order valence-corrected chi connectivity index (χ4v) is 2.55. The molecule has 0 amide bonds. The number of methoxy groups -OCH3 is 2. The third-order valence-electron chi connectivity index (χ3n) is 3.95. The van der Waals surface area contributed by atoms with Crippen LogP contribution < -0.4 is 20.1 Å². The lowest BCUT2D eigenvalue weighted by Crippen LogP contribution is -2.37. The molecule has 0 fully saturated rings. The maximum atomic E-state index is 9.44. The SMILES string of the molecule is CCNC(=NCc1ccc(OC)c(OC)c1)NCc1ccccc1CO.I. The molecule has 0 unspecified atom stereocenters. The van der Waals surface area contributed by atoms with Crippen LogP contribution in [0.2, 0.25) is 0 Å². The summed E-state index contributed by atoms with van der Waals surface area (Å²) < 4.78 is 10.6. The van der Waals surface area contributed by atoms with E-state index in [1.54, 1.807) is 14.2 Å². The molecule has 0 atom stereocenters. The molecule has 2 aromatic rings. The Morgan fingerprint density at radius 2 is 1.70 bits per heavy atom. The van der Waals surface area contributed by atoms with E-state index in [0.29, 0.717) is 24.6 Å². The lowest BCUT2D eigenvalue weighted by molar-refractivity contribution is 0.280. The second-order valence-corrected chi connectivity index (χ2v) is 5.66. The number of rotatable bonds is 8. The minimum absolute atomic E-state index is 0. The lowest BCUT2D eigenvalue weighted by atomic mass is 10.1. The summed E-state index contributed by atoms with van der Waals surface area (Å²) >= 11 is 0. The van der Waals surface area contributed by atoms with Crippen molar-refractivity contribution < 1.29 is 14.6 Å². The van der Waals surface area contributed by atoms with Crippen LogP contribution in [0.4, 0.5) is 0 Å². The van der Waals surface area contributed by atoms with Gasteiger partial charge >= 0.3 is 0 Å². The Hall–Kier alpha value is -2.00. The average molecular weight is 485 g/mol. The highest BCUT2D eigenvalue weighted by atomic mass is 127. The topological polar surface area (TPSA) is 75.1 Å². The third kappa shape index (κ3) is 6.91. The summed E-state index contributed by atoms with van der Waals surface area (Å²) in [4.78, 5) is 4.62. The first kappa shape index (κ1) is 23.0. The third-order valence-corrected chi connectivity index (χ3v) is 3.95. The maximum absolute atomic E-state index is 9.44. The van der Waals surface area contributed by atoms with Crippen molar-refractivity contribution in [1.82, 2.24) is 10.6 Å². The fraction of sp³-hybridized carbons (Fsp3) is 0.350. The summed E-state index contributed by atoms with van der Waals surface area (Å²) in [6.07, 6.45) is 0. The number of guanidine groups is 1. The van der Waals surface area contributed by atoms with Gasteiger partial charge in [0, 0.05) is 13.1 Å². The Kier molecular flexibility index (Phi) is 10.6. The van der Waals surface area contributed by atoms with Crippen LogP contribution in [0.5, 0.6) is 11.5 Å². The molecular weight excluding hydrogens is 457 g/mol. The minimum atomic E-state index is 0. The first-order valence-corrected chi connectivity index (χ1v) is 8.62. The van der Waals surface area contributed by atoms with Gasteiger partial charge < -0.3 is 25.2 Å². The normalized spacial score (nSPS) is 10.7. The van der Waals surface area contributed by atoms with E-state index < -0.39 is 0 Å². The van der Waals surface area contributed by atoms with Crippen molar-refractivity contribution >= 4 is 29.9 Å². The Labute approximate surface area is 178 Å². The predicted molar refractivity (Wildman–Crippen MR) is 119 cm³/mol. The highest BCUT2D eigenvalue weighted by molar-refractivity contribution is 14.0. The molecule has 0 aliphatic carbocycles. The van der Waals surface area contributed by atoms with Crippen molar-refractivity contribution in [2.75, 3.05) is 20.8 Å². The zero-order chi connectivity index (χ0) is 18.8. The average Bonchev–Trinajstić information content (AvgIpc) is 2.69. The zero-order valence-electron chi connectivity index (χ0n) is 16.0. The van der Waals surface area contributed by atoms with Crippen LogP contribution >= 0.6 is 24.0 Å². The number of hydrogen-bond acceptors (Lipinski definition) is 4. The summed E-state index contributed by atoms with van der Waals surface area (Å²) in [5, 5.41) is 16.0. The number of aliphatic hydroxyl groups is 1. The molecule has 0 aromatic heterocycles. The quantitative estimate of drug-likeness (QED) is 0.305. The van der Waals surface area contributed by atoms with E-state index in [9.17, 15) is 5.11 Å². The number of nitrogens with one attached hydrogen (secondary N) is 2. The molecule has 0 radical (unpaired) electrons. The Balaban J connectivity index is 0.00000364. The molecule has 0 saturated carbocycles. The Bertz CT molecular complexity index is 738. The summed E-state index contributed by atoms with van der Waals surface area (Å²) in [7, 11) is 3.24. The van der Waals surface area contributed by atoms with Crippen LogP contribution in [0.25, 0.3) is 0 Å². The summed E-state index contributed by atoms with van der Waals surface area (Å²) in [6.45, 7) is 3.91. The van der Waals surface area contributed by atoms with Crippen LogP contribution in [-0.2, 0) is 19.7 Å². The molecule has 0 aliphatic heterocycles. The van der Waals surface area contributed by atoms with Crippen molar-refractivity contribution in [3.8, 4) is 11.5 Å². The second kappa shape index (κ2) is 12.4. The Morgan fingerprint density at radius 3 is 2.33 bits per heavy atom. The molecule has 27 heavy (non-hydrogen) atoms. The molecule has 7 heteroatoms. The van der Waals surface area contributed by atoms with E-state index in [4.69, 9.17) is 9.47 Å². The number of ether oxygens (including phenoxy) is 2. The molecule has 148 valence electrons. The van der Waals surface area contributed by atoms with Gasteiger partial charge in [-0.1, -0.05) is 30.3 Å². The lowest BCUT2D eigenvalue weighted by Gasteiger charge is -2.13. The highest BCUT2D eigenvalue weighted by Crippen LogP contribution is 2.27. The smallest absolute Gasteiger partial charge is 0.191 e. The number of halogens is 1. The van der Waals surface area contributed by atoms with Gasteiger partial charge in [0.15, 0.2) is 17.5 Å². The maximum Gasteiger partial charge on any atom is 0.191 e. The van der Waals surface area contributed by atoms with Crippen molar-refractivity contribution in [2.45, 2.75) is 26.6 Å². The van der Waals surface area contributed by atoms with Crippen LogP contribution in [0.15, 0.2) is 47.5 Å².